The Bertz CT molecular complexity index is 389. The molecule has 2 N–H and O–H groups in total. The molecule has 0 fully saturated rings. The van der Waals surface area contributed by atoms with E-state index in [4.69, 9.17) is 9.84 Å². The van der Waals surface area contributed by atoms with Gasteiger partial charge in [0.25, 0.3) is 0 Å². The van der Waals surface area contributed by atoms with Gasteiger partial charge in [-0.2, -0.15) is 0 Å². The van der Waals surface area contributed by atoms with E-state index >= 15 is 0 Å². The normalized spacial score (nSPS) is 12.1. The van der Waals surface area contributed by atoms with Crippen LogP contribution in [0.3, 0.4) is 0 Å². The number of nitrogens with one attached hydrogen (secondary N) is 1. The van der Waals surface area contributed by atoms with Crippen molar-refractivity contribution in [1.82, 2.24) is 5.32 Å². The Hall–Kier alpha value is -1.55. The quantitative estimate of drug-likeness (QED) is 0.647. The molecule has 0 aromatic heterocycles. The van der Waals surface area contributed by atoms with Crippen LogP contribution in [0.5, 0.6) is 5.75 Å². The van der Waals surface area contributed by atoms with Crippen molar-refractivity contribution in [2.24, 2.45) is 0 Å². The van der Waals surface area contributed by atoms with Gasteiger partial charge in [0, 0.05) is 12.5 Å². The van der Waals surface area contributed by atoms with Gasteiger partial charge in [-0.05, 0) is 57.4 Å². The minimum absolute atomic E-state index is 0.248. The summed E-state index contributed by atoms with van der Waals surface area (Å²) in [6.45, 7) is 2.80. The number of ether oxygens (including phenoxy) is 1. The van der Waals surface area contributed by atoms with Crippen LogP contribution in [-0.2, 0) is 11.2 Å². The smallest absolute Gasteiger partial charge is 0.303 e. The second kappa shape index (κ2) is 9.37. The molecule has 1 unspecified atom stereocenters. The van der Waals surface area contributed by atoms with Gasteiger partial charge >= 0.3 is 5.97 Å². The monoisotopic (exact) mass is 279 g/mol. The van der Waals surface area contributed by atoms with E-state index in [0.29, 0.717) is 12.6 Å². The third kappa shape index (κ3) is 7.14. The van der Waals surface area contributed by atoms with Crippen molar-refractivity contribution in [1.29, 1.82) is 0 Å². The Morgan fingerprint density at radius 2 is 1.95 bits per heavy atom. The van der Waals surface area contributed by atoms with Crippen LogP contribution in [0.15, 0.2) is 24.3 Å². The highest BCUT2D eigenvalue weighted by molar-refractivity contribution is 5.66. The van der Waals surface area contributed by atoms with E-state index in [0.717, 1.165) is 31.4 Å². The number of carboxylic acid groups (broad SMARTS) is 1. The molecule has 4 nitrogen and oxygen atoms in total. The van der Waals surface area contributed by atoms with Crippen LogP contribution in [0.25, 0.3) is 0 Å². The molecule has 0 aliphatic carbocycles. The Kier molecular flexibility index (Phi) is 7.73. The molecule has 4 heteroatoms. The number of unbranched alkanes of at least 4 members (excludes halogenated alkanes) is 2. The zero-order chi connectivity index (χ0) is 14.8. The van der Waals surface area contributed by atoms with Crippen LogP contribution in [0.4, 0.5) is 0 Å². The minimum atomic E-state index is -0.725. The van der Waals surface area contributed by atoms with E-state index < -0.39 is 5.97 Å². The Morgan fingerprint density at radius 3 is 2.55 bits per heavy atom. The lowest BCUT2D eigenvalue weighted by Gasteiger charge is -2.11. The fourth-order valence-corrected chi connectivity index (χ4v) is 1.92. The molecule has 0 bridgehead atoms. The molecule has 0 saturated carbocycles. The maximum atomic E-state index is 10.3. The number of benzene rings is 1. The molecule has 20 heavy (non-hydrogen) atoms. The topological polar surface area (TPSA) is 58.6 Å². The van der Waals surface area contributed by atoms with Gasteiger partial charge in [0.15, 0.2) is 0 Å². The standard InChI is InChI=1S/C16H25NO3/c1-13(17-2)12-14-7-9-15(10-8-14)20-11-5-3-4-6-16(18)19/h7-10,13,17H,3-6,11-12H2,1-2H3,(H,18,19). The predicted molar refractivity (Wildman–Crippen MR) is 80.3 cm³/mol. The largest absolute Gasteiger partial charge is 0.494 e. The number of carboxylic acids is 1. The summed E-state index contributed by atoms with van der Waals surface area (Å²) in [6, 6.07) is 8.64. The van der Waals surface area contributed by atoms with E-state index in [1.54, 1.807) is 0 Å². The molecular formula is C16H25NO3. The second-order valence-electron chi connectivity index (χ2n) is 5.09. The predicted octanol–water partition coefficient (Wildman–Crippen LogP) is 2.86. The minimum Gasteiger partial charge on any atom is -0.494 e. The van der Waals surface area contributed by atoms with Gasteiger partial charge in [-0.3, -0.25) is 4.79 Å². The second-order valence-corrected chi connectivity index (χ2v) is 5.09. The molecule has 112 valence electrons. The van der Waals surface area contributed by atoms with E-state index in [-0.39, 0.29) is 6.42 Å². The van der Waals surface area contributed by atoms with Gasteiger partial charge in [0.05, 0.1) is 6.61 Å². The first-order valence-electron chi connectivity index (χ1n) is 7.22. The summed E-state index contributed by atoms with van der Waals surface area (Å²) in [5.74, 6) is 0.154. The van der Waals surface area contributed by atoms with Gasteiger partial charge in [-0.15, -0.1) is 0 Å². The number of rotatable bonds is 10. The van der Waals surface area contributed by atoms with Crippen LogP contribution >= 0.6 is 0 Å². The summed E-state index contributed by atoms with van der Waals surface area (Å²) < 4.78 is 5.64. The van der Waals surface area contributed by atoms with Crippen molar-refractivity contribution in [2.45, 2.75) is 45.1 Å². The number of hydrogen-bond acceptors (Lipinski definition) is 3. The van der Waals surface area contributed by atoms with Crippen molar-refractivity contribution in [2.75, 3.05) is 13.7 Å². The zero-order valence-electron chi connectivity index (χ0n) is 12.4. The van der Waals surface area contributed by atoms with Gasteiger partial charge in [0.1, 0.15) is 5.75 Å². The Morgan fingerprint density at radius 1 is 1.25 bits per heavy atom. The van der Waals surface area contributed by atoms with Crippen LogP contribution in [0, 0.1) is 0 Å². The van der Waals surface area contributed by atoms with Crippen molar-refractivity contribution >= 4 is 5.97 Å². The van der Waals surface area contributed by atoms with Gasteiger partial charge in [0.2, 0.25) is 0 Å². The summed E-state index contributed by atoms with van der Waals surface area (Å²) in [4.78, 5) is 10.3. The fraction of sp³-hybridized carbons (Fsp3) is 0.562. The van der Waals surface area contributed by atoms with Crippen LogP contribution in [0.2, 0.25) is 0 Å². The molecule has 0 spiro atoms. The number of hydrogen-bond donors (Lipinski definition) is 2. The van der Waals surface area contributed by atoms with Gasteiger partial charge in [-0.1, -0.05) is 12.1 Å². The Balaban J connectivity index is 2.19. The molecule has 1 rings (SSSR count). The lowest BCUT2D eigenvalue weighted by atomic mass is 10.1. The highest BCUT2D eigenvalue weighted by Crippen LogP contribution is 2.14. The first-order chi connectivity index (χ1) is 9.61. The van der Waals surface area contributed by atoms with Crippen LogP contribution in [-0.4, -0.2) is 30.8 Å². The number of likely N-dealkylation sites (N-methyl/N-ethyl adjacent to an activating group) is 1. The third-order valence-electron chi connectivity index (χ3n) is 3.26. The van der Waals surface area contributed by atoms with E-state index in [2.05, 4.69) is 24.4 Å². The molecule has 0 amide bonds. The molecule has 1 aromatic rings. The molecule has 0 radical (unpaired) electrons. The highest BCUT2D eigenvalue weighted by Gasteiger charge is 2.01. The van der Waals surface area contributed by atoms with Gasteiger partial charge in [-0.25, -0.2) is 0 Å². The number of aliphatic carboxylic acids is 1. The van der Waals surface area contributed by atoms with E-state index in [1.807, 2.05) is 19.2 Å². The molecular weight excluding hydrogens is 254 g/mol. The first kappa shape index (κ1) is 16.5. The third-order valence-corrected chi connectivity index (χ3v) is 3.26. The molecule has 1 aromatic carbocycles. The average Bonchev–Trinajstić information content (AvgIpc) is 2.44. The summed E-state index contributed by atoms with van der Waals surface area (Å²) in [5, 5.41) is 11.7. The van der Waals surface area contributed by atoms with Crippen molar-refractivity contribution < 1.29 is 14.6 Å². The molecule has 0 saturated heterocycles. The zero-order valence-corrected chi connectivity index (χ0v) is 12.4. The Labute approximate surface area is 121 Å². The summed E-state index contributed by atoms with van der Waals surface area (Å²) in [7, 11) is 1.96. The maximum absolute atomic E-state index is 10.3. The lowest BCUT2D eigenvalue weighted by Crippen LogP contribution is -2.23. The van der Waals surface area contributed by atoms with Crippen LogP contribution < -0.4 is 10.1 Å². The molecule has 0 aliphatic heterocycles. The summed E-state index contributed by atoms with van der Waals surface area (Å²) in [5.41, 5.74) is 1.29. The van der Waals surface area contributed by atoms with E-state index in [1.165, 1.54) is 5.56 Å². The highest BCUT2D eigenvalue weighted by atomic mass is 16.5. The van der Waals surface area contributed by atoms with Crippen LogP contribution in [0.1, 0.15) is 38.2 Å². The van der Waals surface area contributed by atoms with Crippen molar-refractivity contribution in [3.8, 4) is 5.75 Å². The number of carbonyl (C=O) groups is 1. The fourth-order valence-electron chi connectivity index (χ4n) is 1.92. The maximum Gasteiger partial charge on any atom is 0.303 e. The summed E-state index contributed by atoms with van der Waals surface area (Å²) in [6.07, 6.45) is 3.76. The lowest BCUT2D eigenvalue weighted by molar-refractivity contribution is -0.137. The first-order valence-corrected chi connectivity index (χ1v) is 7.22. The van der Waals surface area contributed by atoms with Crippen molar-refractivity contribution in [3.63, 3.8) is 0 Å². The molecule has 0 aliphatic rings. The molecule has 0 heterocycles. The van der Waals surface area contributed by atoms with Crippen molar-refractivity contribution in [3.05, 3.63) is 29.8 Å². The van der Waals surface area contributed by atoms with Gasteiger partial charge < -0.3 is 15.2 Å². The average molecular weight is 279 g/mol. The van der Waals surface area contributed by atoms with E-state index in [9.17, 15) is 4.79 Å². The molecule has 1 atom stereocenters. The summed E-state index contributed by atoms with van der Waals surface area (Å²) >= 11 is 0. The SMILES string of the molecule is CNC(C)Cc1ccc(OCCCCCC(=O)O)cc1.